The van der Waals surface area contributed by atoms with Crippen molar-refractivity contribution in [2.45, 2.75) is 52.6 Å². The molecule has 0 aromatic carbocycles. The van der Waals surface area contributed by atoms with E-state index >= 15 is 0 Å². The van der Waals surface area contributed by atoms with Crippen molar-refractivity contribution in [2.75, 3.05) is 6.26 Å². The molecule has 0 fully saturated rings. The number of hydrogen-bond donors (Lipinski definition) is 1. The molecule has 1 aromatic rings. The van der Waals surface area contributed by atoms with E-state index in [9.17, 15) is 13.2 Å². The summed E-state index contributed by atoms with van der Waals surface area (Å²) in [6.07, 6.45) is 5.04. The zero-order valence-corrected chi connectivity index (χ0v) is 13.7. The highest BCUT2D eigenvalue weighted by atomic mass is 32.2. The molecule has 0 spiro atoms. The normalized spacial score (nSPS) is 13.0. The predicted molar refractivity (Wildman–Crippen MR) is 79.8 cm³/mol. The first-order chi connectivity index (χ1) is 9.76. The van der Waals surface area contributed by atoms with Crippen molar-refractivity contribution >= 4 is 16.0 Å². The Balaban J connectivity index is 2.99. The van der Waals surface area contributed by atoms with E-state index in [0.717, 1.165) is 25.5 Å². The second-order valence-electron chi connectivity index (χ2n) is 5.06. The molecule has 1 unspecified atom stereocenters. The van der Waals surface area contributed by atoms with Crippen LogP contribution in [-0.2, 0) is 16.7 Å². The quantitative estimate of drug-likeness (QED) is 0.735. The van der Waals surface area contributed by atoms with Crippen molar-refractivity contribution in [2.24, 2.45) is 0 Å². The predicted octanol–water partition coefficient (Wildman–Crippen LogP) is 1.55. The second kappa shape index (κ2) is 7.44. The van der Waals surface area contributed by atoms with E-state index in [4.69, 9.17) is 4.18 Å². The molecular weight excluding hydrogens is 294 g/mol. The molecule has 0 aliphatic rings. The van der Waals surface area contributed by atoms with Crippen molar-refractivity contribution in [3.05, 3.63) is 11.8 Å². The minimum atomic E-state index is -3.73. The summed E-state index contributed by atoms with van der Waals surface area (Å²) in [5.41, 5.74) is 0.136. The maximum atomic E-state index is 12.2. The summed E-state index contributed by atoms with van der Waals surface area (Å²) in [6.45, 7) is 6.47. The fourth-order valence-corrected chi connectivity index (χ4v) is 2.32. The molecule has 0 saturated heterocycles. The number of aryl methyl sites for hydroxylation is 1. The van der Waals surface area contributed by atoms with E-state index < -0.39 is 10.1 Å². The van der Waals surface area contributed by atoms with Gasteiger partial charge in [0.1, 0.15) is 5.56 Å². The lowest BCUT2D eigenvalue weighted by Gasteiger charge is -2.12. The molecule has 1 N–H and O–H groups in total. The van der Waals surface area contributed by atoms with Gasteiger partial charge >= 0.3 is 10.1 Å². The summed E-state index contributed by atoms with van der Waals surface area (Å²) < 4.78 is 28.8. The fraction of sp³-hybridized carbons (Fsp3) is 0.692. The second-order valence-corrected chi connectivity index (χ2v) is 6.64. The van der Waals surface area contributed by atoms with Gasteiger partial charge in [-0.2, -0.15) is 8.42 Å². The first-order valence-corrected chi connectivity index (χ1v) is 8.86. The van der Waals surface area contributed by atoms with Gasteiger partial charge in [0.05, 0.1) is 6.26 Å². The number of hydrogen-bond acceptors (Lipinski definition) is 5. The van der Waals surface area contributed by atoms with Crippen LogP contribution in [0.4, 0.5) is 0 Å². The highest BCUT2D eigenvalue weighted by molar-refractivity contribution is 7.86. The highest BCUT2D eigenvalue weighted by Gasteiger charge is 2.21. The Bertz CT molecular complexity index is 580. The first-order valence-electron chi connectivity index (χ1n) is 7.04. The van der Waals surface area contributed by atoms with Crippen LogP contribution in [0, 0.1) is 0 Å². The van der Waals surface area contributed by atoms with Gasteiger partial charge in [-0.3, -0.25) is 9.48 Å². The van der Waals surface area contributed by atoms with Gasteiger partial charge in [-0.1, -0.05) is 20.3 Å². The average molecular weight is 317 g/mol. The molecule has 120 valence electrons. The Labute approximate surface area is 125 Å². The number of carbonyl (C=O) groups is 1. The SMILES string of the molecule is CCCC(C)NC(=O)c1cn(CCC)nc1OS(C)(=O)=O. The largest absolute Gasteiger partial charge is 0.359 e. The van der Waals surface area contributed by atoms with Gasteiger partial charge in [-0.25, -0.2) is 0 Å². The van der Waals surface area contributed by atoms with Crippen LogP contribution in [0.3, 0.4) is 0 Å². The third-order valence-corrected chi connectivity index (χ3v) is 3.22. The Kier molecular flexibility index (Phi) is 6.19. The third-order valence-electron chi connectivity index (χ3n) is 2.75. The molecule has 0 aliphatic heterocycles. The monoisotopic (exact) mass is 317 g/mol. The number of amides is 1. The van der Waals surface area contributed by atoms with Gasteiger partial charge in [0.15, 0.2) is 0 Å². The Morgan fingerprint density at radius 2 is 2.10 bits per heavy atom. The third kappa shape index (κ3) is 5.74. The van der Waals surface area contributed by atoms with E-state index in [1.165, 1.54) is 10.9 Å². The van der Waals surface area contributed by atoms with Gasteiger partial charge < -0.3 is 9.50 Å². The molecule has 0 bridgehead atoms. The zero-order valence-electron chi connectivity index (χ0n) is 12.9. The lowest BCUT2D eigenvalue weighted by molar-refractivity contribution is 0.0937. The van der Waals surface area contributed by atoms with Crippen LogP contribution < -0.4 is 9.50 Å². The molecule has 8 heteroatoms. The van der Waals surface area contributed by atoms with Crippen LogP contribution in [0.2, 0.25) is 0 Å². The minimum Gasteiger partial charge on any atom is -0.359 e. The van der Waals surface area contributed by atoms with E-state index in [0.29, 0.717) is 6.54 Å². The molecule has 1 amide bonds. The maximum absolute atomic E-state index is 12.2. The summed E-state index contributed by atoms with van der Waals surface area (Å²) in [6, 6.07) is 0.00288. The maximum Gasteiger partial charge on any atom is 0.307 e. The molecule has 1 atom stereocenters. The van der Waals surface area contributed by atoms with Crippen LogP contribution in [0.25, 0.3) is 0 Å². The lowest BCUT2D eigenvalue weighted by atomic mass is 10.2. The van der Waals surface area contributed by atoms with E-state index in [1.54, 1.807) is 0 Å². The summed E-state index contributed by atoms with van der Waals surface area (Å²) in [4.78, 5) is 12.2. The minimum absolute atomic E-state index is 0.00288. The van der Waals surface area contributed by atoms with E-state index in [-0.39, 0.29) is 23.4 Å². The molecule has 1 aromatic heterocycles. The number of nitrogens with zero attached hydrogens (tertiary/aromatic N) is 2. The lowest BCUT2D eigenvalue weighted by Crippen LogP contribution is -2.32. The summed E-state index contributed by atoms with van der Waals surface area (Å²) >= 11 is 0. The van der Waals surface area contributed by atoms with Gasteiger partial charge in [-0.05, 0) is 19.8 Å². The molecule has 0 radical (unpaired) electrons. The van der Waals surface area contributed by atoms with Gasteiger partial charge in [0, 0.05) is 18.8 Å². The van der Waals surface area contributed by atoms with Crippen molar-refractivity contribution < 1.29 is 17.4 Å². The molecule has 21 heavy (non-hydrogen) atoms. The zero-order chi connectivity index (χ0) is 16.0. The van der Waals surface area contributed by atoms with Gasteiger partial charge in [-0.15, -0.1) is 5.10 Å². The van der Waals surface area contributed by atoms with Crippen molar-refractivity contribution in [1.82, 2.24) is 15.1 Å². The molecule has 0 aliphatic carbocycles. The van der Waals surface area contributed by atoms with Gasteiger partial charge in [0.25, 0.3) is 11.8 Å². The first kappa shape index (κ1) is 17.5. The van der Waals surface area contributed by atoms with E-state index in [2.05, 4.69) is 10.4 Å². The van der Waals surface area contributed by atoms with E-state index in [1.807, 2.05) is 20.8 Å². The van der Waals surface area contributed by atoms with Crippen molar-refractivity contribution in [3.63, 3.8) is 0 Å². The topological polar surface area (TPSA) is 90.3 Å². The Morgan fingerprint density at radius 1 is 1.43 bits per heavy atom. The molecular formula is C13H23N3O4S. The summed E-state index contributed by atoms with van der Waals surface area (Å²) in [5.74, 6) is -0.552. The smallest absolute Gasteiger partial charge is 0.307 e. The summed E-state index contributed by atoms with van der Waals surface area (Å²) in [7, 11) is -3.73. The summed E-state index contributed by atoms with van der Waals surface area (Å²) in [5, 5.41) is 6.83. The Morgan fingerprint density at radius 3 is 2.62 bits per heavy atom. The molecule has 1 heterocycles. The number of carbonyl (C=O) groups excluding carboxylic acids is 1. The molecule has 1 rings (SSSR count). The molecule has 7 nitrogen and oxygen atoms in total. The van der Waals surface area contributed by atoms with Crippen LogP contribution in [0.15, 0.2) is 6.20 Å². The highest BCUT2D eigenvalue weighted by Crippen LogP contribution is 2.18. The Hall–Kier alpha value is -1.57. The van der Waals surface area contributed by atoms with Crippen LogP contribution in [-0.4, -0.2) is 36.4 Å². The molecule has 0 saturated carbocycles. The number of aromatic nitrogens is 2. The van der Waals surface area contributed by atoms with Crippen LogP contribution in [0.5, 0.6) is 5.88 Å². The van der Waals surface area contributed by atoms with Crippen LogP contribution >= 0.6 is 0 Å². The fourth-order valence-electron chi connectivity index (χ4n) is 1.91. The van der Waals surface area contributed by atoms with Gasteiger partial charge in [0.2, 0.25) is 0 Å². The van der Waals surface area contributed by atoms with Crippen molar-refractivity contribution in [3.8, 4) is 5.88 Å². The standard InChI is InChI=1S/C13H23N3O4S/c1-5-7-10(3)14-12(17)11-9-16(8-6-2)15-13(11)20-21(4,18)19/h9-10H,5-8H2,1-4H3,(H,14,17). The van der Waals surface area contributed by atoms with Crippen molar-refractivity contribution in [1.29, 1.82) is 0 Å². The van der Waals surface area contributed by atoms with Crippen LogP contribution in [0.1, 0.15) is 50.4 Å². The average Bonchev–Trinajstić information content (AvgIpc) is 2.70. The number of rotatable bonds is 8. The number of nitrogens with one attached hydrogen (secondary N) is 1.